The number of hydrogen-bond acceptors (Lipinski definition) is 3. The van der Waals surface area contributed by atoms with Gasteiger partial charge in [-0.1, -0.05) is 39.0 Å². The Hall–Kier alpha value is -3.15. The van der Waals surface area contributed by atoms with Crippen LogP contribution >= 0.6 is 0 Å². The van der Waals surface area contributed by atoms with Crippen molar-refractivity contribution in [3.05, 3.63) is 58.7 Å². The first kappa shape index (κ1) is 19.6. The predicted octanol–water partition coefficient (Wildman–Crippen LogP) is 4.45. The van der Waals surface area contributed by atoms with Crippen molar-refractivity contribution in [1.82, 2.24) is 4.90 Å². The van der Waals surface area contributed by atoms with E-state index in [-0.39, 0.29) is 23.8 Å². The fourth-order valence-corrected chi connectivity index (χ4v) is 3.38. The number of para-hydroxylation sites is 1. The molecule has 2 aromatic carbocycles. The Balaban J connectivity index is 1.77. The molecule has 0 atom stereocenters. The molecule has 1 aliphatic rings. The molecular formula is C22H25N3O3. The van der Waals surface area contributed by atoms with Crippen molar-refractivity contribution in [1.29, 1.82) is 0 Å². The summed E-state index contributed by atoms with van der Waals surface area (Å²) in [6, 6.07) is 10.3. The highest BCUT2D eigenvalue weighted by Gasteiger charge is 2.35. The Bertz CT molecular complexity index is 950. The summed E-state index contributed by atoms with van der Waals surface area (Å²) >= 11 is 0. The minimum Gasteiger partial charge on any atom is -0.308 e. The van der Waals surface area contributed by atoms with E-state index in [1.54, 1.807) is 18.2 Å². The molecule has 0 unspecified atom stereocenters. The van der Waals surface area contributed by atoms with Gasteiger partial charge < -0.3 is 10.6 Å². The molecule has 4 amide bonds. The Labute approximate surface area is 164 Å². The molecule has 2 aromatic rings. The number of carbonyl (C=O) groups is 3. The lowest BCUT2D eigenvalue weighted by atomic mass is 10.1. The molecule has 0 saturated heterocycles. The second-order valence-corrected chi connectivity index (χ2v) is 7.42. The average Bonchev–Trinajstić information content (AvgIpc) is 2.87. The van der Waals surface area contributed by atoms with Gasteiger partial charge in [0.15, 0.2) is 0 Å². The Morgan fingerprint density at radius 1 is 1.04 bits per heavy atom. The number of nitrogens with one attached hydrogen (secondary N) is 2. The minimum atomic E-state index is -0.389. The number of carbonyl (C=O) groups excluding carboxylic acids is 3. The van der Waals surface area contributed by atoms with Crippen LogP contribution in [0.25, 0.3) is 0 Å². The quantitative estimate of drug-likeness (QED) is 0.753. The van der Waals surface area contributed by atoms with Crippen molar-refractivity contribution < 1.29 is 14.4 Å². The number of benzene rings is 2. The molecule has 0 saturated carbocycles. The maximum absolute atomic E-state index is 12.6. The minimum absolute atomic E-state index is 0.187. The smallest absolute Gasteiger partial charge is 0.308 e. The van der Waals surface area contributed by atoms with Crippen molar-refractivity contribution in [2.45, 2.75) is 34.1 Å². The molecule has 3 rings (SSSR count). The third-order valence-electron chi connectivity index (χ3n) is 4.75. The van der Waals surface area contributed by atoms with Gasteiger partial charge in [-0.2, -0.15) is 0 Å². The summed E-state index contributed by atoms with van der Waals surface area (Å²) in [7, 11) is 0. The first-order valence-electron chi connectivity index (χ1n) is 9.48. The van der Waals surface area contributed by atoms with Crippen molar-refractivity contribution in [3.63, 3.8) is 0 Å². The Morgan fingerprint density at radius 2 is 1.75 bits per heavy atom. The number of aryl methyl sites for hydroxylation is 2. The number of rotatable bonds is 5. The molecule has 0 fully saturated rings. The number of imide groups is 1. The second-order valence-electron chi connectivity index (χ2n) is 7.42. The molecule has 2 N–H and O–H groups in total. The van der Waals surface area contributed by atoms with Crippen LogP contribution in [0.1, 0.15) is 52.6 Å². The predicted molar refractivity (Wildman–Crippen MR) is 110 cm³/mol. The van der Waals surface area contributed by atoms with E-state index in [1.165, 1.54) is 4.90 Å². The van der Waals surface area contributed by atoms with E-state index in [2.05, 4.69) is 10.6 Å². The highest BCUT2D eigenvalue weighted by molar-refractivity contribution is 6.22. The van der Waals surface area contributed by atoms with Crippen molar-refractivity contribution in [3.8, 4) is 0 Å². The maximum atomic E-state index is 12.6. The summed E-state index contributed by atoms with van der Waals surface area (Å²) in [6.07, 6.45) is 0.804. The van der Waals surface area contributed by atoms with E-state index in [0.29, 0.717) is 23.4 Å². The summed E-state index contributed by atoms with van der Waals surface area (Å²) < 4.78 is 0. The summed E-state index contributed by atoms with van der Waals surface area (Å²) in [5, 5.41) is 5.65. The molecule has 6 heteroatoms. The van der Waals surface area contributed by atoms with Crippen LogP contribution in [0.2, 0.25) is 0 Å². The Morgan fingerprint density at radius 3 is 2.43 bits per heavy atom. The number of anilines is 2. The van der Waals surface area contributed by atoms with Gasteiger partial charge in [-0.15, -0.1) is 0 Å². The van der Waals surface area contributed by atoms with Gasteiger partial charge in [0, 0.05) is 17.9 Å². The Kier molecular flexibility index (Phi) is 5.49. The number of nitrogens with zero attached hydrogens (tertiary/aromatic N) is 1. The van der Waals surface area contributed by atoms with Crippen LogP contribution in [0.4, 0.5) is 16.2 Å². The molecule has 0 spiro atoms. The van der Waals surface area contributed by atoms with E-state index >= 15 is 0 Å². The summed E-state index contributed by atoms with van der Waals surface area (Å²) in [6.45, 7) is 8.26. The van der Waals surface area contributed by atoms with Crippen LogP contribution in [-0.2, 0) is 6.42 Å². The topological polar surface area (TPSA) is 78.5 Å². The van der Waals surface area contributed by atoms with Gasteiger partial charge in [0.2, 0.25) is 0 Å². The number of hydrogen-bond donors (Lipinski definition) is 2. The molecule has 28 heavy (non-hydrogen) atoms. The fraction of sp³-hybridized carbons (Fsp3) is 0.318. The van der Waals surface area contributed by atoms with Gasteiger partial charge >= 0.3 is 6.03 Å². The van der Waals surface area contributed by atoms with E-state index in [9.17, 15) is 14.4 Å². The van der Waals surface area contributed by atoms with Crippen LogP contribution in [-0.4, -0.2) is 29.3 Å². The van der Waals surface area contributed by atoms with Crippen LogP contribution in [0.5, 0.6) is 0 Å². The van der Waals surface area contributed by atoms with E-state index in [1.807, 2.05) is 45.9 Å². The molecule has 1 aliphatic heterocycles. The first-order chi connectivity index (χ1) is 13.3. The maximum Gasteiger partial charge on any atom is 0.323 e. The molecule has 0 aromatic heterocycles. The lowest BCUT2D eigenvalue weighted by molar-refractivity contribution is 0.0636. The van der Waals surface area contributed by atoms with Gasteiger partial charge in [0.25, 0.3) is 11.8 Å². The third-order valence-corrected chi connectivity index (χ3v) is 4.75. The lowest BCUT2D eigenvalue weighted by Crippen LogP contribution is -2.33. The number of urea groups is 1. The van der Waals surface area contributed by atoms with Gasteiger partial charge in [0.05, 0.1) is 11.1 Å². The fourth-order valence-electron chi connectivity index (χ4n) is 3.38. The van der Waals surface area contributed by atoms with Gasteiger partial charge in [-0.05, 0) is 48.6 Å². The van der Waals surface area contributed by atoms with Gasteiger partial charge in [-0.3, -0.25) is 14.5 Å². The monoisotopic (exact) mass is 379 g/mol. The van der Waals surface area contributed by atoms with Crippen LogP contribution in [0.15, 0.2) is 36.4 Å². The zero-order chi connectivity index (χ0) is 20.4. The van der Waals surface area contributed by atoms with Gasteiger partial charge in [-0.25, -0.2) is 4.79 Å². The van der Waals surface area contributed by atoms with Crippen molar-refractivity contribution in [2.75, 3.05) is 17.2 Å². The highest BCUT2D eigenvalue weighted by atomic mass is 16.2. The molecule has 0 aliphatic carbocycles. The SMILES string of the molecule is CCc1cccc(C)c1NC(=O)Nc1ccc2c(c1)C(=O)N(CC(C)C)C2=O. The molecule has 0 bridgehead atoms. The summed E-state index contributed by atoms with van der Waals surface area (Å²) in [5.41, 5.74) is 3.99. The second kappa shape index (κ2) is 7.84. The number of amides is 4. The highest BCUT2D eigenvalue weighted by Crippen LogP contribution is 2.27. The molecule has 6 nitrogen and oxygen atoms in total. The first-order valence-corrected chi connectivity index (χ1v) is 9.48. The summed E-state index contributed by atoms with van der Waals surface area (Å²) in [4.78, 5) is 38.7. The van der Waals surface area contributed by atoms with E-state index in [0.717, 1.165) is 23.2 Å². The lowest BCUT2D eigenvalue weighted by Gasteiger charge is -2.15. The molecule has 0 radical (unpaired) electrons. The van der Waals surface area contributed by atoms with Crippen molar-refractivity contribution in [2.24, 2.45) is 5.92 Å². The van der Waals surface area contributed by atoms with Crippen LogP contribution < -0.4 is 10.6 Å². The van der Waals surface area contributed by atoms with E-state index < -0.39 is 0 Å². The molecular weight excluding hydrogens is 354 g/mol. The average molecular weight is 379 g/mol. The number of fused-ring (bicyclic) bond motifs is 1. The summed E-state index contributed by atoms with van der Waals surface area (Å²) in [5.74, 6) is -0.408. The standard InChI is InChI=1S/C22H25N3O3/c1-5-15-8-6-7-14(4)19(15)24-22(28)23-16-9-10-17-18(11-16)21(27)25(20(17)26)12-13(2)3/h6-11,13H,5,12H2,1-4H3,(H2,23,24,28). The van der Waals surface area contributed by atoms with Crippen LogP contribution in [0, 0.1) is 12.8 Å². The van der Waals surface area contributed by atoms with Gasteiger partial charge in [0.1, 0.15) is 0 Å². The largest absolute Gasteiger partial charge is 0.323 e. The normalized spacial score (nSPS) is 13.1. The zero-order valence-electron chi connectivity index (χ0n) is 16.6. The van der Waals surface area contributed by atoms with Crippen molar-refractivity contribution >= 4 is 29.2 Å². The molecule has 1 heterocycles. The molecule has 146 valence electrons. The van der Waals surface area contributed by atoms with E-state index in [4.69, 9.17) is 0 Å². The zero-order valence-corrected chi connectivity index (χ0v) is 16.6. The third kappa shape index (κ3) is 3.76. The van der Waals surface area contributed by atoms with Crippen LogP contribution in [0.3, 0.4) is 0 Å².